The Bertz CT molecular complexity index is 1090. The van der Waals surface area contributed by atoms with Crippen LogP contribution in [0.3, 0.4) is 0 Å². The van der Waals surface area contributed by atoms with Gasteiger partial charge >= 0.3 is 0 Å². The van der Waals surface area contributed by atoms with E-state index in [-0.39, 0.29) is 22.8 Å². The van der Waals surface area contributed by atoms with Crippen LogP contribution in [0.15, 0.2) is 41.7 Å². The fourth-order valence-corrected chi connectivity index (χ4v) is 5.58. The monoisotopic (exact) mass is 489 g/mol. The first-order chi connectivity index (χ1) is 16.3. The van der Waals surface area contributed by atoms with Crippen molar-refractivity contribution >= 4 is 27.4 Å². The highest BCUT2D eigenvalue weighted by Gasteiger charge is 2.30. The molecule has 2 fully saturated rings. The van der Waals surface area contributed by atoms with E-state index in [1.165, 1.54) is 16.4 Å². The Labute approximate surface area is 200 Å². The Kier molecular flexibility index (Phi) is 7.64. The number of benzene rings is 1. The van der Waals surface area contributed by atoms with Crippen LogP contribution in [-0.2, 0) is 19.6 Å². The number of hydrogen-bond acceptors (Lipinski definition) is 8. The van der Waals surface area contributed by atoms with Gasteiger partial charge in [0, 0.05) is 38.6 Å². The lowest BCUT2D eigenvalue weighted by atomic mass is 9.97. The minimum Gasteiger partial charge on any atom is -0.489 e. The van der Waals surface area contributed by atoms with Gasteiger partial charge in [0.05, 0.1) is 42.0 Å². The minimum absolute atomic E-state index is 0.116. The largest absolute Gasteiger partial charge is 0.489 e. The minimum atomic E-state index is -3.71. The van der Waals surface area contributed by atoms with Gasteiger partial charge in [-0.05, 0) is 44.9 Å². The molecule has 1 atom stereocenters. The summed E-state index contributed by atoms with van der Waals surface area (Å²) in [7, 11) is -3.71. The van der Waals surface area contributed by atoms with Crippen molar-refractivity contribution in [3.8, 4) is 5.75 Å². The van der Waals surface area contributed by atoms with E-state index in [9.17, 15) is 13.2 Å². The summed E-state index contributed by atoms with van der Waals surface area (Å²) < 4.78 is 38.9. The maximum Gasteiger partial charge on any atom is 0.243 e. The van der Waals surface area contributed by atoms with E-state index in [2.05, 4.69) is 15.3 Å². The van der Waals surface area contributed by atoms with Crippen LogP contribution < -0.4 is 15.0 Å². The Morgan fingerprint density at radius 2 is 2.00 bits per heavy atom. The normalized spacial score (nSPS) is 19.7. The fourth-order valence-electron chi connectivity index (χ4n) is 4.15. The molecule has 0 radical (unpaired) electrons. The molecule has 2 saturated heterocycles. The van der Waals surface area contributed by atoms with Crippen LogP contribution in [0, 0.1) is 5.92 Å². The second-order valence-corrected chi connectivity index (χ2v) is 10.6. The lowest BCUT2D eigenvalue weighted by Gasteiger charge is -2.32. The molecule has 2 aliphatic rings. The second kappa shape index (κ2) is 10.7. The van der Waals surface area contributed by atoms with E-state index < -0.39 is 10.0 Å². The molecule has 1 amide bonds. The summed E-state index contributed by atoms with van der Waals surface area (Å²) >= 11 is 0. The van der Waals surface area contributed by atoms with Crippen molar-refractivity contribution in [2.24, 2.45) is 5.92 Å². The Hall–Kier alpha value is -2.76. The number of piperidine rings is 1. The lowest BCUT2D eigenvalue weighted by Crippen LogP contribution is -2.41. The summed E-state index contributed by atoms with van der Waals surface area (Å²) in [5.74, 6) is 0.721. The van der Waals surface area contributed by atoms with Crippen molar-refractivity contribution in [2.75, 3.05) is 49.6 Å². The van der Waals surface area contributed by atoms with Crippen molar-refractivity contribution in [1.29, 1.82) is 0 Å². The summed E-state index contributed by atoms with van der Waals surface area (Å²) in [5.41, 5.74) is 0.352. The van der Waals surface area contributed by atoms with E-state index in [0.29, 0.717) is 44.3 Å². The molecule has 11 heteroatoms. The number of carbonyl (C=O) groups is 1. The quantitative estimate of drug-likeness (QED) is 0.629. The van der Waals surface area contributed by atoms with Crippen LogP contribution in [-0.4, -0.2) is 74.1 Å². The summed E-state index contributed by atoms with van der Waals surface area (Å²) in [6, 6.07) is 4.62. The molecule has 0 aliphatic carbocycles. The zero-order valence-corrected chi connectivity index (χ0v) is 20.3. The highest BCUT2D eigenvalue weighted by Crippen LogP contribution is 2.31. The summed E-state index contributed by atoms with van der Waals surface area (Å²) in [4.78, 5) is 23.9. The average molecular weight is 490 g/mol. The molecule has 0 saturated carbocycles. The van der Waals surface area contributed by atoms with Gasteiger partial charge < -0.3 is 19.7 Å². The SMILES string of the molecule is CC(C)Oc1ccc(S(=O)(=O)N2CCOCC2)cc1NC(=O)[C@H]1CCCN(c2cnccn2)C1. The van der Waals surface area contributed by atoms with Crippen LogP contribution in [0.4, 0.5) is 11.5 Å². The van der Waals surface area contributed by atoms with Gasteiger partial charge in [-0.25, -0.2) is 13.4 Å². The van der Waals surface area contributed by atoms with E-state index >= 15 is 0 Å². The molecule has 1 aromatic carbocycles. The molecule has 2 aliphatic heterocycles. The van der Waals surface area contributed by atoms with Gasteiger partial charge in [-0.2, -0.15) is 4.31 Å². The van der Waals surface area contributed by atoms with Gasteiger partial charge in [-0.15, -0.1) is 0 Å². The van der Waals surface area contributed by atoms with Gasteiger partial charge in [0.2, 0.25) is 15.9 Å². The number of nitrogens with zero attached hydrogens (tertiary/aromatic N) is 4. The predicted molar refractivity (Wildman–Crippen MR) is 127 cm³/mol. The molecule has 4 rings (SSSR count). The van der Waals surface area contributed by atoms with Crippen LogP contribution in [0.5, 0.6) is 5.75 Å². The number of sulfonamides is 1. The third kappa shape index (κ3) is 5.65. The first-order valence-corrected chi connectivity index (χ1v) is 13.0. The molecule has 3 heterocycles. The second-order valence-electron chi connectivity index (χ2n) is 8.68. The van der Waals surface area contributed by atoms with Crippen molar-refractivity contribution < 1.29 is 22.7 Å². The number of rotatable bonds is 7. The summed E-state index contributed by atoms with van der Waals surface area (Å²) in [6.45, 7) is 6.40. The van der Waals surface area contributed by atoms with Crippen molar-refractivity contribution in [3.63, 3.8) is 0 Å². The third-order valence-electron chi connectivity index (χ3n) is 5.85. The number of aromatic nitrogens is 2. The maximum absolute atomic E-state index is 13.2. The van der Waals surface area contributed by atoms with E-state index in [1.807, 2.05) is 18.7 Å². The lowest BCUT2D eigenvalue weighted by molar-refractivity contribution is -0.120. The Balaban J connectivity index is 1.55. The highest BCUT2D eigenvalue weighted by molar-refractivity contribution is 7.89. The third-order valence-corrected chi connectivity index (χ3v) is 7.74. The number of morpholine rings is 1. The molecule has 34 heavy (non-hydrogen) atoms. The Morgan fingerprint density at radius 1 is 1.21 bits per heavy atom. The number of ether oxygens (including phenoxy) is 2. The molecule has 1 aromatic heterocycles. The number of hydrogen-bond donors (Lipinski definition) is 1. The van der Waals surface area contributed by atoms with Crippen LogP contribution in [0.2, 0.25) is 0 Å². The maximum atomic E-state index is 13.2. The molecule has 0 spiro atoms. The first-order valence-electron chi connectivity index (χ1n) is 11.5. The molecule has 0 bridgehead atoms. The predicted octanol–water partition coefficient (Wildman–Crippen LogP) is 2.14. The fraction of sp³-hybridized carbons (Fsp3) is 0.522. The molecule has 184 valence electrons. The van der Waals surface area contributed by atoms with Crippen LogP contribution >= 0.6 is 0 Å². The zero-order valence-electron chi connectivity index (χ0n) is 19.5. The van der Waals surface area contributed by atoms with E-state index in [4.69, 9.17) is 9.47 Å². The number of carbonyl (C=O) groups excluding carboxylic acids is 1. The van der Waals surface area contributed by atoms with E-state index in [1.54, 1.807) is 24.7 Å². The standard InChI is InChI=1S/C23H31N5O5S/c1-17(2)33-21-6-5-19(34(30,31)28-10-12-32-13-11-28)14-20(21)26-23(29)18-4-3-9-27(16-18)22-15-24-7-8-25-22/h5-8,14-15,17-18H,3-4,9-13,16H2,1-2H3,(H,26,29)/t18-/m0/s1. The van der Waals surface area contributed by atoms with Crippen molar-refractivity contribution in [1.82, 2.24) is 14.3 Å². The molecular weight excluding hydrogens is 458 g/mol. The first kappa shape index (κ1) is 24.4. The average Bonchev–Trinajstić information content (AvgIpc) is 2.86. The topological polar surface area (TPSA) is 114 Å². The van der Waals surface area contributed by atoms with Gasteiger partial charge in [-0.3, -0.25) is 9.78 Å². The molecule has 1 N–H and O–H groups in total. The van der Waals surface area contributed by atoms with Crippen LogP contribution in [0.25, 0.3) is 0 Å². The van der Waals surface area contributed by atoms with Crippen LogP contribution in [0.1, 0.15) is 26.7 Å². The highest BCUT2D eigenvalue weighted by atomic mass is 32.2. The zero-order chi connectivity index (χ0) is 24.1. The number of amides is 1. The van der Waals surface area contributed by atoms with Gasteiger partial charge in [-0.1, -0.05) is 0 Å². The Morgan fingerprint density at radius 3 is 2.71 bits per heavy atom. The number of nitrogens with one attached hydrogen (secondary N) is 1. The summed E-state index contributed by atoms with van der Waals surface area (Å²) in [6.07, 6.45) is 6.37. The summed E-state index contributed by atoms with van der Waals surface area (Å²) in [5, 5.41) is 2.94. The molecule has 10 nitrogen and oxygen atoms in total. The molecular formula is C23H31N5O5S. The van der Waals surface area contributed by atoms with Gasteiger partial charge in [0.25, 0.3) is 0 Å². The van der Waals surface area contributed by atoms with Gasteiger partial charge in [0.15, 0.2) is 0 Å². The van der Waals surface area contributed by atoms with Crippen molar-refractivity contribution in [3.05, 3.63) is 36.8 Å². The smallest absolute Gasteiger partial charge is 0.243 e. The van der Waals surface area contributed by atoms with Gasteiger partial charge in [0.1, 0.15) is 11.6 Å². The van der Waals surface area contributed by atoms with Crippen molar-refractivity contribution in [2.45, 2.75) is 37.7 Å². The molecule has 0 unspecified atom stereocenters. The van der Waals surface area contributed by atoms with E-state index in [0.717, 1.165) is 25.2 Å². The molecule has 2 aromatic rings. The number of anilines is 2.